The van der Waals surface area contributed by atoms with E-state index in [4.69, 9.17) is 11.6 Å². The second-order valence-electron chi connectivity index (χ2n) is 5.95. The Morgan fingerprint density at radius 3 is 2.36 bits per heavy atom. The zero-order valence-corrected chi connectivity index (χ0v) is 14.3. The van der Waals surface area contributed by atoms with Crippen molar-refractivity contribution in [1.29, 1.82) is 0 Å². The van der Waals surface area contributed by atoms with Gasteiger partial charge >= 0.3 is 0 Å². The van der Waals surface area contributed by atoms with E-state index in [2.05, 4.69) is 4.98 Å². The summed E-state index contributed by atoms with van der Waals surface area (Å²) in [6.07, 6.45) is -0.795. The van der Waals surface area contributed by atoms with Crippen molar-refractivity contribution in [2.45, 2.75) is 12.6 Å². The van der Waals surface area contributed by atoms with E-state index in [0.29, 0.717) is 17.4 Å². The van der Waals surface area contributed by atoms with E-state index in [-0.39, 0.29) is 0 Å². The molecule has 0 amide bonds. The van der Waals surface area contributed by atoms with Crippen LogP contribution in [0.25, 0.3) is 11.0 Å². The van der Waals surface area contributed by atoms with Crippen LogP contribution in [0.3, 0.4) is 0 Å². The molecule has 4 rings (SSSR count). The Balaban J connectivity index is 1.85. The van der Waals surface area contributed by atoms with Crippen molar-refractivity contribution >= 4 is 22.6 Å². The summed E-state index contributed by atoms with van der Waals surface area (Å²) >= 11 is 6.35. The van der Waals surface area contributed by atoms with Crippen LogP contribution in [0.2, 0.25) is 5.02 Å². The maximum absolute atomic E-state index is 10.9. The first-order valence-electron chi connectivity index (χ1n) is 8.15. The summed E-state index contributed by atoms with van der Waals surface area (Å²) in [5, 5.41) is 11.6. The number of aliphatic hydroxyl groups is 1. The fourth-order valence-electron chi connectivity index (χ4n) is 3.05. The quantitative estimate of drug-likeness (QED) is 0.574. The molecule has 0 aliphatic heterocycles. The normalized spacial score (nSPS) is 12.4. The molecule has 1 heterocycles. The van der Waals surface area contributed by atoms with E-state index >= 15 is 0 Å². The van der Waals surface area contributed by atoms with E-state index in [9.17, 15) is 5.11 Å². The fraction of sp³-hybridized carbons (Fsp3) is 0.0952. The fourth-order valence-corrected chi connectivity index (χ4v) is 3.25. The van der Waals surface area contributed by atoms with Gasteiger partial charge in [0.05, 0.1) is 17.6 Å². The van der Waals surface area contributed by atoms with Crippen LogP contribution in [-0.2, 0) is 6.54 Å². The van der Waals surface area contributed by atoms with Crippen LogP contribution in [0.4, 0.5) is 0 Å². The highest BCUT2D eigenvalue weighted by atomic mass is 35.5. The van der Waals surface area contributed by atoms with E-state index in [0.717, 1.165) is 22.2 Å². The number of halogens is 1. The number of aliphatic hydroxyl groups excluding tert-OH is 1. The lowest BCUT2D eigenvalue weighted by Gasteiger charge is -2.15. The molecule has 124 valence electrons. The lowest BCUT2D eigenvalue weighted by atomic mass is 10.1. The molecule has 0 spiro atoms. The number of benzene rings is 3. The molecular weight excluding hydrogens is 332 g/mol. The molecule has 0 saturated carbocycles. The molecule has 0 aliphatic rings. The van der Waals surface area contributed by atoms with Crippen molar-refractivity contribution < 1.29 is 5.11 Å². The third-order valence-corrected chi connectivity index (χ3v) is 4.70. The first-order valence-corrected chi connectivity index (χ1v) is 8.53. The van der Waals surface area contributed by atoms with Crippen molar-refractivity contribution in [3.05, 3.63) is 101 Å². The number of nitrogens with zero attached hydrogens (tertiary/aromatic N) is 2. The average molecular weight is 349 g/mol. The Morgan fingerprint density at radius 1 is 0.880 bits per heavy atom. The second-order valence-corrected chi connectivity index (χ2v) is 6.36. The smallest absolute Gasteiger partial charge is 0.143 e. The Labute approximate surface area is 151 Å². The second kappa shape index (κ2) is 6.71. The van der Waals surface area contributed by atoms with Crippen molar-refractivity contribution in [3.63, 3.8) is 0 Å². The highest BCUT2D eigenvalue weighted by Crippen LogP contribution is 2.27. The third kappa shape index (κ3) is 3.04. The lowest BCUT2D eigenvalue weighted by molar-refractivity contribution is 0.206. The Kier molecular flexibility index (Phi) is 4.26. The Hall–Kier alpha value is -2.62. The van der Waals surface area contributed by atoms with Gasteiger partial charge in [0.1, 0.15) is 11.9 Å². The molecule has 4 aromatic rings. The molecule has 1 atom stereocenters. The molecule has 0 bridgehead atoms. The van der Waals surface area contributed by atoms with E-state index < -0.39 is 6.10 Å². The molecule has 1 N–H and O–H groups in total. The topological polar surface area (TPSA) is 38.1 Å². The van der Waals surface area contributed by atoms with Gasteiger partial charge in [-0.2, -0.15) is 0 Å². The SMILES string of the molecule is O[C@H](c1ccccc1)c1nc2ccccc2n1Cc1ccccc1Cl. The van der Waals surface area contributed by atoms with Gasteiger partial charge in [-0.3, -0.25) is 0 Å². The van der Waals surface area contributed by atoms with Crippen molar-refractivity contribution in [1.82, 2.24) is 9.55 Å². The first kappa shape index (κ1) is 15.9. The predicted octanol–water partition coefficient (Wildman–Crippen LogP) is 4.82. The average Bonchev–Trinajstić information content (AvgIpc) is 3.02. The lowest BCUT2D eigenvalue weighted by Crippen LogP contribution is -2.11. The molecule has 4 heteroatoms. The molecule has 0 fully saturated rings. The number of aromatic nitrogens is 2. The van der Waals surface area contributed by atoms with Gasteiger partial charge in [0.25, 0.3) is 0 Å². The van der Waals surface area contributed by atoms with Crippen LogP contribution >= 0.6 is 11.6 Å². The van der Waals surface area contributed by atoms with Crippen molar-refractivity contribution in [2.24, 2.45) is 0 Å². The summed E-state index contributed by atoms with van der Waals surface area (Å²) in [4.78, 5) is 4.68. The van der Waals surface area contributed by atoms with Crippen LogP contribution in [0, 0.1) is 0 Å². The van der Waals surface area contributed by atoms with Crippen LogP contribution in [0.15, 0.2) is 78.9 Å². The number of fused-ring (bicyclic) bond motifs is 1. The standard InChI is InChI=1S/C21H17ClN2O/c22-17-11-5-4-10-16(17)14-24-19-13-7-6-12-18(19)23-21(24)20(25)15-8-2-1-3-9-15/h1-13,20,25H,14H2/t20-/m1/s1. The molecule has 0 saturated heterocycles. The minimum atomic E-state index is -0.795. The molecule has 0 aliphatic carbocycles. The minimum Gasteiger partial charge on any atom is -0.380 e. The van der Waals surface area contributed by atoms with Crippen LogP contribution in [-0.4, -0.2) is 14.7 Å². The summed E-state index contributed by atoms with van der Waals surface area (Å²) in [5.41, 5.74) is 3.65. The van der Waals surface area contributed by atoms with Gasteiger partial charge in [-0.25, -0.2) is 4.98 Å². The molecule has 3 nitrogen and oxygen atoms in total. The zero-order valence-electron chi connectivity index (χ0n) is 13.5. The number of hydrogen-bond acceptors (Lipinski definition) is 2. The molecule has 1 aromatic heterocycles. The monoisotopic (exact) mass is 348 g/mol. The number of rotatable bonds is 4. The van der Waals surface area contributed by atoms with Crippen molar-refractivity contribution in [3.8, 4) is 0 Å². The van der Waals surface area contributed by atoms with Gasteiger partial charge in [-0.1, -0.05) is 72.3 Å². The maximum atomic E-state index is 10.9. The largest absolute Gasteiger partial charge is 0.380 e. The highest BCUT2D eigenvalue weighted by Gasteiger charge is 2.20. The van der Waals surface area contributed by atoms with Gasteiger partial charge in [-0.15, -0.1) is 0 Å². The van der Waals surface area contributed by atoms with E-state index in [1.807, 2.05) is 83.4 Å². The molecule has 25 heavy (non-hydrogen) atoms. The van der Waals surface area contributed by atoms with Gasteiger partial charge in [0, 0.05) is 5.02 Å². The predicted molar refractivity (Wildman–Crippen MR) is 101 cm³/mol. The summed E-state index contributed by atoms with van der Waals surface area (Å²) < 4.78 is 2.04. The zero-order chi connectivity index (χ0) is 17.2. The van der Waals surface area contributed by atoms with Gasteiger partial charge in [-0.05, 0) is 29.3 Å². The number of para-hydroxylation sites is 2. The minimum absolute atomic E-state index is 0.555. The Bertz CT molecular complexity index is 1010. The van der Waals surface area contributed by atoms with Crippen molar-refractivity contribution in [2.75, 3.05) is 0 Å². The van der Waals surface area contributed by atoms with Gasteiger partial charge in [0.15, 0.2) is 0 Å². The number of imidazole rings is 1. The molecule has 3 aromatic carbocycles. The van der Waals surface area contributed by atoms with E-state index in [1.165, 1.54) is 0 Å². The molecular formula is C21H17ClN2O. The van der Waals surface area contributed by atoms with Gasteiger partial charge in [0.2, 0.25) is 0 Å². The first-order chi connectivity index (χ1) is 12.2. The van der Waals surface area contributed by atoms with E-state index in [1.54, 1.807) is 0 Å². The van der Waals surface area contributed by atoms with Gasteiger partial charge < -0.3 is 9.67 Å². The van der Waals surface area contributed by atoms with Crippen LogP contribution in [0.1, 0.15) is 23.1 Å². The van der Waals surface area contributed by atoms with Crippen LogP contribution < -0.4 is 0 Å². The maximum Gasteiger partial charge on any atom is 0.143 e. The summed E-state index contributed by atoms with van der Waals surface area (Å²) in [5.74, 6) is 0.618. The van der Waals surface area contributed by atoms with Crippen LogP contribution in [0.5, 0.6) is 0 Å². The summed E-state index contributed by atoms with van der Waals surface area (Å²) in [7, 11) is 0. The molecule has 0 unspecified atom stereocenters. The summed E-state index contributed by atoms with van der Waals surface area (Å²) in [6.45, 7) is 0.555. The Morgan fingerprint density at radius 2 is 1.56 bits per heavy atom. The highest BCUT2D eigenvalue weighted by molar-refractivity contribution is 6.31. The third-order valence-electron chi connectivity index (χ3n) is 4.33. The molecule has 0 radical (unpaired) electrons. The number of hydrogen-bond donors (Lipinski definition) is 1. The summed E-state index contributed by atoms with van der Waals surface area (Å²) in [6, 6.07) is 25.2.